The SMILES string of the molecule is COc1ccc(/C=C/C(=O)N[C@H](C)C(=O)N[C@@](C)(C(N)=O)c2ccccc2)cc1. The second-order valence-corrected chi connectivity index (χ2v) is 6.68. The van der Waals surface area contributed by atoms with Gasteiger partial charge in [-0.2, -0.15) is 0 Å². The maximum atomic E-state index is 12.5. The van der Waals surface area contributed by atoms with E-state index in [1.807, 2.05) is 0 Å². The number of ether oxygens (including phenoxy) is 1. The lowest BCUT2D eigenvalue weighted by molar-refractivity contribution is -0.133. The molecule has 0 saturated carbocycles. The van der Waals surface area contributed by atoms with Crippen molar-refractivity contribution in [1.82, 2.24) is 10.6 Å². The molecule has 0 fully saturated rings. The van der Waals surface area contributed by atoms with Crippen molar-refractivity contribution in [1.29, 1.82) is 0 Å². The lowest BCUT2D eigenvalue weighted by atomic mass is 9.91. The van der Waals surface area contributed by atoms with Crippen molar-refractivity contribution < 1.29 is 19.1 Å². The highest BCUT2D eigenvalue weighted by atomic mass is 16.5. The van der Waals surface area contributed by atoms with E-state index in [0.29, 0.717) is 11.3 Å². The van der Waals surface area contributed by atoms with Gasteiger partial charge in [-0.05, 0) is 43.2 Å². The average molecular weight is 395 g/mol. The maximum absolute atomic E-state index is 12.5. The summed E-state index contributed by atoms with van der Waals surface area (Å²) in [6.45, 7) is 3.06. The van der Waals surface area contributed by atoms with Crippen LogP contribution in [0.4, 0.5) is 0 Å². The lowest BCUT2D eigenvalue weighted by Crippen LogP contribution is -2.57. The Bertz CT molecular complexity index is 894. The number of nitrogens with one attached hydrogen (secondary N) is 2. The van der Waals surface area contributed by atoms with E-state index in [1.54, 1.807) is 67.8 Å². The number of benzene rings is 2. The third kappa shape index (κ3) is 5.68. The molecular formula is C22H25N3O4. The minimum Gasteiger partial charge on any atom is -0.497 e. The molecule has 2 atom stereocenters. The molecule has 2 aromatic rings. The van der Waals surface area contributed by atoms with Gasteiger partial charge in [0.15, 0.2) is 0 Å². The Hall–Kier alpha value is -3.61. The fourth-order valence-electron chi connectivity index (χ4n) is 2.62. The van der Waals surface area contributed by atoms with Crippen LogP contribution in [0.3, 0.4) is 0 Å². The van der Waals surface area contributed by atoms with E-state index < -0.39 is 29.3 Å². The minimum absolute atomic E-state index is 0.441. The Balaban J connectivity index is 2.00. The van der Waals surface area contributed by atoms with Crippen LogP contribution in [0, 0.1) is 0 Å². The first kappa shape index (κ1) is 21.7. The van der Waals surface area contributed by atoms with Gasteiger partial charge in [-0.3, -0.25) is 14.4 Å². The molecule has 7 heteroatoms. The largest absolute Gasteiger partial charge is 0.497 e. The number of nitrogens with two attached hydrogens (primary N) is 1. The molecule has 0 unspecified atom stereocenters. The molecule has 0 aliphatic rings. The summed E-state index contributed by atoms with van der Waals surface area (Å²) in [5, 5.41) is 5.21. The van der Waals surface area contributed by atoms with Crippen LogP contribution < -0.4 is 21.1 Å². The van der Waals surface area contributed by atoms with Crippen molar-refractivity contribution in [2.24, 2.45) is 5.73 Å². The van der Waals surface area contributed by atoms with E-state index >= 15 is 0 Å². The average Bonchev–Trinajstić information content (AvgIpc) is 2.72. The molecule has 0 aliphatic heterocycles. The maximum Gasteiger partial charge on any atom is 0.247 e. The molecule has 0 aliphatic carbocycles. The van der Waals surface area contributed by atoms with Crippen LogP contribution in [0.15, 0.2) is 60.7 Å². The molecule has 4 N–H and O–H groups in total. The second kappa shape index (κ2) is 9.54. The molecule has 0 spiro atoms. The third-order valence-corrected chi connectivity index (χ3v) is 4.51. The van der Waals surface area contributed by atoms with E-state index in [4.69, 9.17) is 10.5 Å². The molecule has 3 amide bonds. The number of carbonyl (C=O) groups is 3. The van der Waals surface area contributed by atoms with Gasteiger partial charge >= 0.3 is 0 Å². The van der Waals surface area contributed by atoms with Crippen molar-refractivity contribution in [2.75, 3.05) is 7.11 Å². The van der Waals surface area contributed by atoms with Crippen LogP contribution in [-0.4, -0.2) is 30.9 Å². The molecule has 2 aromatic carbocycles. The standard InChI is InChI=1S/C22H25N3O4/c1-15(24-19(26)14-11-16-9-12-18(29-3)13-10-16)20(27)25-22(2,21(23)28)17-7-5-4-6-8-17/h4-15H,1-3H3,(H2,23,28)(H,24,26)(H,25,27)/b14-11+/t15-,22-/m1/s1. The summed E-state index contributed by atoms with van der Waals surface area (Å²) in [7, 11) is 1.58. The van der Waals surface area contributed by atoms with Gasteiger partial charge < -0.3 is 21.1 Å². The van der Waals surface area contributed by atoms with Gasteiger partial charge in [0, 0.05) is 6.08 Å². The first-order valence-electron chi connectivity index (χ1n) is 9.06. The molecular weight excluding hydrogens is 370 g/mol. The molecule has 152 valence electrons. The van der Waals surface area contributed by atoms with E-state index in [-0.39, 0.29) is 0 Å². The van der Waals surface area contributed by atoms with Crippen LogP contribution in [0.1, 0.15) is 25.0 Å². The summed E-state index contributed by atoms with van der Waals surface area (Å²) in [5.41, 5.74) is 5.49. The van der Waals surface area contributed by atoms with Crippen molar-refractivity contribution >= 4 is 23.8 Å². The number of hydrogen-bond donors (Lipinski definition) is 3. The number of carbonyl (C=O) groups excluding carboxylic acids is 3. The number of methoxy groups -OCH3 is 1. The zero-order chi connectivity index (χ0) is 21.4. The Labute approximate surface area is 169 Å². The Morgan fingerprint density at radius 2 is 1.69 bits per heavy atom. The van der Waals surface area contributed by atoms with Gasteiger partial charge in [-0.15, -0.1) is 0 Å². The molecule has 0 radical (unpaired) electrons. The summed E-state index contributed by atoms with van der Waals surface area (Å²) < 4.78 is 5.08. The third-order valence-electron chi connectivity index (χ3n) is 4.51. The van der Waals surface area contributed by atoms with Gasteiger partial charge in [0.2, 0.25) is 17.7 Å². The highest BCUT2D eigenvalue weighted by Gasteiger charge is 2.36. The number of primary amides is 1. The van der Waals surface area contributed by atoms with Crippen LogP contribution in [0.25, 0.3) is 6.08 Å². The summed E-state index contributed by atoms with van der Waals surface area (Å²) in [5.74, 6) is -0.951. The normalized spacial score (nSPS) is 13.9. The molecule has 0 saturated heterocycles. The highest BCUT2D eigenvalue weighted by molar-refractivity contribution is 5.97. The minimum atomic E-state index is -1.39. The van der Waals surface area contributed by atoms with Crippen molar-refractivity contribution in [3.63, 3.8) is 0 Å². The monoisotopic (exact) mass is 395 g/mol. The van der Waals surface area contributed by atoms with Gasteiger partial charge in [0.25, 0.3) is 0 Å². The number of rotatable bonds is 8. The van der Waals surface area contributed by atoms with Gasteiger partial charge in [-0.1, -0.05) is 42.5 Å². The molecule has 0 aromatic heterocycles. The van der Waals surface area contributed by atoms with Gasteiger partial charge in [-0.25, -0.2) is 0 Å². The van der Waals surface area contributed by atoms with Crippen LogP contribution in [0.5, 0.6) is 5.75 Å². The topological polar surface area (TPSA) is 111 Å². The predicted octanol–water partition coefficient (Wildman–Crippen LogP) is 1.73. The molecule has 29 heavy (non-hydrogen) atoms. The highest BCUT2D eigenvalue weighted by Crippen LogP contribution is 2.20. The van der Waals surface area contributed by atoms with Gasteiger partial charge in [0.05, 0.1) is 7.11 Å². The summed E-state index contributed by atoms with van der Waals surface area (Å²) in [6, 6.07) is 15.0. The quantitative estimate of drug-likeness (QED) is 0.591. The van der Waals surface area contributed by atoms with Gasteiger partial charge in [0.1, 0.15) is 17.3 Å². The Morgan fingerprint density at radius 3 is 2.24 bits per heavy atom. The first-order chi connectivity index (χ1) is 13.8. The van der Waals surface area contributed by atoms with Crippen molar-refractivity contribution in [2.45, 2.75) is 25.4 Å². The van der Waals surface area contributed by atoms with Crippen LogP contribution in [0.2, 0.25) is 0 Å². The predicted molar refractivity (Wildman–Crippen MR) is 111 cm³/mol. The summed E-state index contributed by atoms with van der Waals surface area (Å²) in [6.07, 6.45) is 2.95. The molecule has 0 heterocycles. The van der Waals surface area contributed by atoms with E-state index in [9.17, 15) is 14.4 Å². The molecule has 0 bridgehead atoms. The smallest absolute Gasteiger partial charge is 0.247 e. The number of amides is 3. The molecule has 7 nitrogen and oxygen atoms in total. The fourth-order valence-corrected chi connectivity index (χ4v) is 2.62. The Kier molecular flexibility index (Phi) is 7.14. The van der Waals surface area contributed by atoms with E-state index in [1.165, 1.54) is 19.9 Å². The van der Waals surface area contributed by atoms with Crippen molar-refractivity contribution in [3.05, 3.63) is 71.8 Å². The zero-order valence-electron chi connectivity index (χ0n) is 16.6. The van der Waals surface area contributed by atoms with Crippen molar-refractivity contribution in [3.8, 4) is 5.75 Å². The Morgan fingerprint density at radius 1 is 1.07 bits per heavy atom. The summed E-state index contributed by atoms with van der Waals surface area (Å²) in [4.78, 5) is 36.7. The molecule has 2 rings (SSSR count). The zero-order valence-corrected chi connectivity index (χ0v) is 16.6. The summed E-state index contributed by atoms with van der Waals surface area (Å²) >= 11 is 0. The first-order valence-corrected chi connectivity index (χ1v) is 9.06. The van der Waals surface area contributed by atoms with Crippen LogP contribution in [-0.2, 0) is 19.9 Å². The van der Waals surface area contributed by atoms with E-state index in [2.05, 4.69) is 10.6 Å². The fraction of sp³-hybridized carbons (Fsp3) is 0.227. The van der Waals surface area contributed by atoms with Crippen LogP contribution >= 0.6 is 0 Å². The van der Waals surface area contributed by atoms with E-state index in [0.717, 1.165) is 5.56 Å². The second-order valence-electron chi connectivity index (χ2n) is 6.68. The number of hydrogen-bond acceptors (Lipinski definition) is 4. The lowest BCUT2D eigenvalue weighted by Gasteiger charge is -2.29.